The zero-order valence-electron chi connectivity index (χ0n) is 16.4. The second-order valence-corrected chi connectivity index (χ2v) is 9.38. The van der Waals surface area contributed by atoms with Gasteiger partial charge in [0.2, 0.25) is 0 Å². The number of aromatic nitrogens is 2. The van der Waals surface area contributed by atoms with Crippen LogP contribution in [0.15, 0.2) is 0 Å². The lowest BCUT2D eigenvalue weighted by Crippen LogP contribution is -2.61. The fourth-order valence-corrected chi connectivity index (χ4v) is 6.55. The molecule has 2 amide bonds. The molecule has 1 aromatic rings. The summed E-state index contributed by atoms with van der Waals surface area (Å²) in [7, 11) is 0. The van der Waals surface area contributed by atoms with Crippen molar-refractivity contribution in [3.63, 3.8) is 0 Å². The van der Waals surface area contributed by atoms with Crippen molar-refractivity contribution in [2.45, 2.75) is 69.8 Å². The molecule has 1 aliphatic heterocycles. The first-order chi connectivity index (χ1) is 13.8. The molecular formula is C20H27F3N4O2. The predicted molar refractivity (Wildman–Crippen MR) is 98.0 cm³/mol. The van der Waals surface area contributed by atoms with E-state index in [0.29, 0.717) is 18.7 Å². The topological polar surface area (TPSA) is 68.2 Å². The average molecular weight is 412 g/mol. The fourth-order valence-electron chi connectivity index (χ4n) is 6.55. The lowest BCUT2D eigenvalue weighted by atomic mass is 9.53. The molecule has 2 N–H and O–H groups in total. The molecule has 1 aromatic heterocycles. The van der Waals surface area contributed by atoms with Gasteiger partial charge in [-0.1, -0.05) is 0 Å². The normalized spacial score (nSPS) is 32.9. The van der Waals surface area contributed by atoms with Crippen LogP contribution in [0.3, 0.4) is 0 Å². The smallest absolute Gasteiger partial charge is 0.376 e. The van der Waals surface area contributed by atoms with E-state index >= 15 is 0 Å². The van der Waals surface area contributed by atoms with E-state index < -0.39 is 11.9 Å². The molecule has 0 atom stereocenters. The van der Waals surface area contributed by atoms with Crippen LogP contribution in [0.25, 0.3) is 0 Å². The van der Waals surface area contributed by atoms with Gasteiger partial charge in [-0.25, -0.2) is 4.79 Å². The highest BCUT2D eigenvalue weighted by Crippen LogP contribution is 2.55. The number of halogens is 3. The summed E-state index contributed by atoms with van der Waals surface area (Å²) in [5, 5.41) is 9.84. The highest BCUT2D eigenvalue weighted by Gasteiger charge is 2.51. The van der Waals surface area contributed by atoms with Crippen molar-refractivity contribution >= 4 is 6.03 Å². The Labute approximate surface area is 167 Å². The summed E-state index contributed by atoms with van der Waals surface area (Å²) < 4.78 is 46.3. The Hall–Kier alpha value is -1.77. The van der Waals surface area contributed by atoms with Crippen LogP contribution >= 0.6 is 0 Å². The summed E-state index contributed by atoms with van der Waals surface area (Å²) in [6.07, 6.45) is 3.00. The largest absolute Gasteiger partial charge is 0.435 e. The number of alkyl halides is 3. The van der Waals surface area contributed by atoms with Gasteiger partial charge < -0.3 is 15.4 Å². The van der Waals surface area contributed by atoms with Gasteiger partial charge in [-0.3, -0.25) is 4.68 Å². The Bertz CT molecular complexity index is 769. The summed E-state index contributed by atoms with van der Waals surface area (Å²) in [6, 6.07) is -0.215. The van der Waals surface area contributed by atoms with E-state index in [0.717, 1.165) is 37.0 Å². The van der Waals surface area contributed by atoms with E-state index in [-0.39, 0.29) is 36.8 Å². The van der Waals surface area contributed by atoms with E-state index in [1.807, 2.05) is 0 Å². The number of carbonyl (C=O) groups excluding carboxylic acids is 1. The average Bonchev–Trinajstić information content (AvgIpc) is 2.99. The molecule has 0 spiro atoms. The van der Waals surface area contributed by atoms with Gasteiger partial charge in [-0.15, -0.1) is 0 Å². The Morgan fingerprint density at radius 3 is 2.45 bits per heavy atom. The molecule has 4 fully saturated rings. The van der Waals surface area contributed by atoms with Gasteiger partial charge in [0.25, 0.3) is 0 Å². The molecule has 0 unspecified atom stereocenters. The predicted octanol–water partition coefficient (Wildman–Crippen LogP) is 3.24. The summed E-state index contributed by atoms with van der Waals surface area (Å²) >= 11 is 0. The van der Waals surface area contributed by atoms with Crippen LogP contribution in [0.5, 0.6) is 0 Å². The second kappa shape index (κ2) is 6.89. The van der Waals surface area contributed by atoms with Gasteiger partial charge in [0.05, 0.1) is 19.8 Å². The monoisotopic (exact) mass is 412 g/mol. The van der Waals surface area contributed by atoms with E-state index in [1.54, 1.807) is 0 Å². The van der Waals surface area contributed by atoms with Crippen molar-refractivity contribution < 1.29 is 22.7 Å². The molecule has 6 rings (SSSR count). The zero-order valence-corrected chi connectivity index (χ0v) is 16.4. The molecule has 9 heteroatoms. The number of hydrogen-bond donors (Lipinski definition) is 2. The van der Waals surface area contributed by atoms with Gasteiger partial charge in [-0.2, -0.15) is 18.3 Å². The number of ether oxygens (including phenoxy) is 1. The second-order valence-electron chi connectivity index (χ2n) is 9.38. The third-order valence-corrected chi connectivity index (χ3v) is 7.19. The number of rotatable bonds is 4. The Balaban J connectivity index is 1.20. The third kappa shape index (κ3) is 3.62. The summed E-state index contributed by atoms with van der Waals surface area (Å²) in [5.41, 5.74) is -0.260. The van der Waals surface area contributed by atoms with Crippen molar-refractivity contribution in [3.8, 4) is 0 Å². The molecule has 4 bridgehead atoms. The lowest BCUT2D eigenvalue weighted by molar-refractivity contribution is -0.142. The van der Waals surface area contributed by atoms with Crippen LogP contribution < -0.4 is 10.6 Å². The van der Waals surface area contributed by atoms with Gasteiger partial charge in [0, 0.05) is 29.8 Å². The first-order valence-corrected chi connectivity index (χ1v) is 10.6. The molecule has 2 heterocycles. The van der Waals surface area contributed by atoms with Gasteiger partial charge in [0.15, 0.2) is 5.69 Å². The number of hydrogen-bond acceptors (Lipinski definition) is 3. The molecule has 160 valence electrons. The number of amides is 2. The highest BCUT2D eigenvalue weighted by molar-refractivity contribution is 5.74. The Morgan fingerprint density at radius 2 is 1.83 bits per heavy atom. The fraction of sp³-hybridized carbons (Fsp3) is 0.800. The third-order valence-electron chi connectivity index (χ3n) is 7.19. The maximum Gasteiger partial charge on any atom is 0.435 e. The van der Waals surface area contributed by atoms with Crippen LogP contribution in [0.4, 0.5) is 18.0 Å². The van der Waals surface area contributed by atoms with Crippen LogP contribution in [0.1, 0.15) is 55.5 Å². The number of fused-ring (bicyclic) bond motifs is 1. The van der Waals surface area contributed by atoms with E-state index in [1.165, 1.54) is 23.9 Å². The summed E-state index contributed by atoms with van der Waals surface area (Å²) in [5.74, 6) is 2.21. The maximum atomic E-state index is 13.2. The standard InChI is InChI=1S/C20H27F3N4O2/c21-20(22,23)17-15-11-29-4-1-16(15)27(26-17)3-2-24-18(28)25-19-8-12-5-13(9-19)7-14(6-12)10-19/h12-14H,1-11H2,(H2,24,25,28). The van der Waals surface area contributed by atoms with Gasteiger partial charge in [-0.05, 0) is 56.3 Å². The van der Waals surface area contributed by atoms with Crippen LogP contribution in [0, 0.1) is 17.8 Å². The Kier molecular flexibility index (Phi) is 4.56. The SMILES string of the molecule is O=C(NCCn1nc(C(F)(F)F)c2c1CCOC2)NC12CC3CC(CC(C3)C1)C2. The van der Waals surface area contributed by atoms with Crippen LogP contribution in [-0.4, -0.2) is 34.5 Å². The van der Waals surface area contributed by atoms with Crippen LogP contribution in [-0.2, 0) is 30.5 Å². The molecular weight excluding hydrogens is 385 g/mol. The quantitative estimate of drug-likeness (QED) is 0.798. The van der Waals surface area contributed by atoms with E-state index in [4.69, 9.17) is 4.74 Å². The van der Waals surface area contributed by atoms with Gasteiger partial charge in [0.1, 0.15) is 0 Å². The lowest BCUT2D eigenvalue weighted by Gasteiger charge is -2.56. The molecule has 29 heavy (non-hydrogen) atoms. The number of carbonyl (C=O) groups is 1. The first kappa shape index (κ1) is 19.2. The molecule has 5 aliphatic rings. The van der Waals surface area contributed by atoms with E-state index in [2.05, 4.69) is 15.7 Å². The van der Waals surface area contributed by atoms with E-state index in [9.17, 15) is 18.0 Å². The van der Waals surface area contributed by atoms with Gasteiger partial charge >= 0.3 is 12.2 Å². The van der Waals surface area contributed by atoms with Crippen molar-refractivity contribution in [2.24, 2.45) is 17.8 Å². The number of nitrogens with zero attached hydrogens (tertiary/aromatic N) is 2. The summed E-state index contributed by atoms with van der Waals surface area (Å²) in [6.45, 7) is 0.775. The minimum absolute atomic E-state index is 0.0654. The summed E-state index contributed by atoms with van der Waals surface area (Å²) in [4.78, 5) is 12.5. The minimum Gasteiger partial charge on any atom is -0.376 e. The molecule has 4 aliphatic carbocycles. The van der Waals surface area contributed by atoms with Crippen molar-refractivity contribution in [2.75, 3.05) is 13.2 Å². The molecule has 0 radical (unpaired) electrons. The zero-order chi connectivity index (χ0) is 20.2. The number of urea groups is 1. The minimum atomic E-state index is -4.50. The molecule has 0 aromatic carbocycles. The molecule has 0 saturated heterocycles. The Morgan fingerprint density at radius 1 is 1.17 bits per heavy atom. The molecule has 4 saturated carbocycles. The van der Waals surface area contributed by atoms with Crippen molar-refractivity contribution in [1.82, 2.24) is 20.4 Å². The maximum absolute atomic E-state index is 13.2. The van der Waals surface area contributed by atoms with Crippen molar-refractivity contribution in [3.05, 3.63) is 17.0 Å². The van der Waals surface area contributed by atoms with Crippen molar-refractivity contribution in [1.29, 1.82) is 0 Å². The highest BCUT2D eigenvalue weighted by atomic mass is 19.4. The first-order valence-electron chi connectivity index (χ1n) is 10.6. The molecule has 6 nitrogen and oxygen atoms in total. The van der Waals surface area contributed by atoms with Crippen LogP contribution in [0.2, 0.25) is 0 Å². The number of nitrogens with one attached hydrogen (secondary N) is 2.